The highest BCUT2D eigenvalue weighted by Crippen LogP contribution is 2.29. The molecule has 2 aromatic rings. The molecule has 1 aromatic carbocycles. The van der Waals surface area contributed by atoms with Gasteiger partial charge in [0.15, 0.2) is 5.78 Å². The SMILES string of the molecule is COc1cccc2[nH]c(C(=O)NC(CC3CCCCC3)C(=O)NC(CC3CCNC3=O)C(=O)CO)cc12. The van der Waals surface area contributed by atoms with Crippen LogP contribution in [0.1, 0.15) is 61.9 Å². The van der Waals surface area contributed by atoms with Crippen LogP contribution in [0.3, 0.4) is 0 Å². The zero-order chi connectivity index (χ0) is 26.4. The molecule has 0 spiro atoms. The van der Waals surface area contributed by atoms with Gasteiger partial charge in [-0.1, -0.05) is 38.2 Å². The van der Waals surface area contributed by atoms with Gasteiger partial charge in [-0.3, -0.25) is 19.2 Å². The number of aromatic amines is 1. The molecule has 200 valence electrons. The first-order valence-electron chi connectivity index (χ1n) is 13.1. The Morgan fingerprint density at radius 3 is 2.54 bits per heavy atom. The van der Waals surface area contributed by atoms with Gasteiger partial charge in [-0.25, -0.2) is 0 Å². The van der Waals surface area contributed by atoms with Gasteiger partial charge in [0, 0.05) is 23.4 Å². The predicted molar refractivity (Wildman–Crippen MR) is 137 cm³/mol. The third-order valence-corrected chi connectivity index (χ3v) is 7.55. The fourth-order valence-corrected chi connectivity index (χ4v) is 5.46. The fraction of sp³-hybridized carbons (Fsp3) is 0.556. The van der Waals surface area contributed by atoms with E-state index in [4.69, 9.17) is 4.74 Å². The number of amides is 3. The number of aliphatic hydroxyl groups excluding tert-OH is 1. The Balaban J connectivity index is 1.51. The lowest BCUT2D eigenvalue weighted by Crippen LogP contribution is -2.53. The molecule has 4 rings (SSSR count). The quantitative estimate of drug-likeness (QED) is 0.310. The number of ketones is 1. The minimum absolute atomic E-state index is 0.114. The van der Waals surface area contributed by atoms with Crippen molar-refractivity contribution in [3.8, 4) is 5.75 Å². The summed E-state index contributed by atoms with van der Waals surface area (Å²) in [7, 11) is 1.56. The molecule has 2 fully saturated rings. The van der Waals surface area contributed by atoms with E-state index in [0.717, 1.165) is 43.0 Å². The highest BCUT2D eigenvalue weighted by atomic mass is 16.5. The monoisotopic (exact) mass is 512 g/mol. The fourth-order valence-electron chi connectivity index (χ4n) is 5.46. The summed E-state index contributed by atoms with van der Waals surface area (Å²) < 4.78 is 5.38. The highest BCUT2D eigenvalue weighted by molar-refractivity contribution is 6.02. The third kappa shape index (κ3) is 6.49. The van der Waals surface area contributed by atoms with Gasteiger partial charge in [0.1, 0.15) is 24.1 Å². The molecule has 1 saturated heterocycles. The van der Waals surface area contributed by atoms with E-state index in [9.17, 15) is 24.3 Å². The summed E-state index contributed by atoms with van der Waals surface area (Å²) in [6, 6.07) is 5.28. The number of carbonyl (C=O) groups excluding carboxylic acids is 4. The Hall–Kier alpha value is -3.40. The summed E-state index contributed by atoms with van der Waals surface area (Å²) >= 11 is 0. The molecule has 1 aliphatic heterocycles. The number of H-pyrrole nitrogens is 1. The van der Waals surface area contributed by atoms with E-state index in [2.05, 4.69) is 20.9 Å². The molecule has 0 bridgehead atoms. The molecule has 1 aromatic heterocycles. The van der Waals surface area contributed by atoms with Gasteiger partial charge in [0.2, 0.25) is 11.8 Å². The van der Waals surface area contributed by atoms with Crippen LogP contribution in [-0.4, -0.2) is 65.9 Å². The van der Waals surface area contributed by atoms with Gasteiger partial charge < -0.3 is 30.8 Å². The molecule has 2 heterocycles. The summed E-state index contributed by atoms with van der Waals surface area (Å²) in [6.07, 6.45) is 6.40. The molecule has 2 aliphatic rings. The maximum atomic E-state index is 13.5. The molecular weight excluding hydrogens is 476 g/mol. The molecule has 3 amide bonds. The number of carbonyl (C=O) groups is 4. The molecule has 3 atom stereocenters. The molecule has 1 aliphatic carbocycles. The van der Waals surface area contributed by atoms with Gasteiger partial charge in [0.25, 0.3) is 5.91 Å². The van der Waals surface area contributed by atoms with Crippen molar-refractivity contribution in [2.24, 2.45) is 11.8 Å². The standard InChI is InChI=1S/C27H36N4O6/c1-37-24-9-5-8-19-18(24)14-22(29-19)27(36)31-21(12-16-6-3-2-4-7-16)26(35)30-20(23(33)15-32)13-17-10-11-28-25(17)34/h5,8-9,14,16-17,20-21,29,32H,2-4,6-7,10-13,15H2,1H3,(H,28,34)(H,30,35)(H,31,36). The van der Waals surface area contributed by atoms with Crippen molar-refractivity contribution in [2.75, 3.05) is 20.3 Å². The predicted octanol–water partition coefficient (Wildman–Crippen LogP) is 1.82. The first-order valence-corrected chi connectivity index (χ1v) is 13.1. The zero-order valence-electron chi connectivity index (χ0n) is 21.2. The summed E-state index contributed by atoms with van der Waals surface area (Å²) in [5, 5.41) is 18.6. The third-order valence-electron chi connectivity index (χ3n) is 7.55. The molecular formula is C27H36N4O6. The minimum atomic E-state index is -1.01. The number of aliphatic hydroxyl groups is 1. The van der Waals surface area contributed by atoms with Crippen molar-refractivity contribution >= 4 is 34.4 Å². The Kier molecular flexibility index (Phi) is 8.81. The number of fused-ring (bicyclic) bond motifs is 1. The lowest BCUT2D eigenvalue weighted by Gasteiger charge is -2.28. The Labute approximate surface area is 215 Å². The molecule has 3 unspecified atom stereocenters. The van der Waals surface area contributed by atoms with Gasteiger partial charge in [0.05, 0.1) is 13.2 Å². The number of Topliss-reactive ketones (excluding diaryl/α,β-unsaturated/α-hetero) is 1. The summed E-state index contributed by atoms with van der Waals surface area (Å²) in [5.74, 6) is -1.14. The maximum Gasteiger partial charge on any atom is 0.268 e. The van der Waals surface area contributed by atoms with Gasteiger partial charge >= 0.3 is 0 Å². The average Bonchev–Trinajstić information content (AvgIpc) is 3.53. The van der Waals surface area contributed by atoms with Crippen molar-refractivity contribution in [3.63, 3.8) is 0 Å². The van der Waals surface area contributed by atoms with Crippen LogP contribution in [0.25, 0.3) is 10.9 Å². The van der Waals surface area contributed by atoms with E-state index in [1.165, 1.54) is 0 Å². The van der Waals surface area contributed by atoms with Crippen LogP contribution in [0.4, 0.5) is 0 Å². The van der Waals surface area contributed by atoms with Crippen LogP contribution in [0, 0.1) is 11.8 Å². The van der Waals surface area contributed by atoms with Crippen LogP contribution in [0.15, 0.2) is 24.3 Å². The van der Waals surface area contributed by atoms with Crippen LogP contribution in [0.2, 0.25) is 0 Å². The smallest absolute Gasteiger partial charge is 0.268 e. The lowest BCUT2D eigenvalue weighted by molar-refractivity contribution is -0.131. The first-order chi connectivity index (χ1) is 17.9. The van der Waals surface area contributed by atoms with Gasteiger partial charge in [-0.05, 0) is 43.4 Å². The van der Waals surface area contributed by atoms with E-state index >= 15 is 0 Å². The molecule has 1 saturated carbocycles. The molecule has 10 heteroatoms. The van der Waals surface area contributed by atoms with Crippen molar-refractivity contribution < 1.29 is 29.0 Å². The second kappa shape index (κ2) is 12.2. The van der Waals surface area contributed by atoms with Crippen molar-refractivity contribution in [1.82, 2.24) is 20.9 Å². The molecule has 0 radical (unpaired) electrons. The number of rotatable bonds is 11. The van der Waals surface area contributed by atoms with Crippen LogP contribution < -0.4 is 20.7 Å². The maximum absolute atomic E-state index is 13.5. The second-order valence-corrected chi connectivity index (χ2v) is 10.1. The topological polar surface area (TPSA) is 150 Å². The summed E-state index contributed by atoms with van der Waals surface area (Å²) in [4.78, 5) is 54.3. The number of ether oxygens (including phenoxy) is 1. The van der Waals surface area contributed by atoms with E-state index < -0.39 is 42.2 Å². The minimum Gasteiger partial charge on any atom is -0.496 e. The van der Waals surface area contributed by atoms with Crippen molar-refractivity contribution in [1.29, 1.82) is 0 Å². The van der Waals surface area contributed by atoms with E-state index in [1.54, 1.807) is 19.2 Å². The number of nitrogens with one attached hydrogen (secondary N) is 4. The van der Waals surface area contributed by atoms with Gasteiger partial charge in [-0.15, -0.1) is 0 Å². The molecule has 5 N–H and O–H groups in total. The number of benzene rings is 1. The highest BCUT2D eigenvalue weighted by Gasteiger charge is 2.34. The number of hydrogen-bond donors (Lipinski definition) is 5. The van der Waals surface area contributed by atoms with Crippen molar-refractivity contribution in [3.05, 3.63) is 30.0 Å². The molecule has 10 nitrogen and oxygen atoms in total. The second-order valence-electron chi connectivity index (χ2n) is 10.1. The summed E-state index contributed by atoms with van der Waals surface area (Å²) in [6.45, 7) is -0.219. The first kappa shape index (κ1) is 26.7. The van der Waals surface area contributed by atoms with Crippen LogP contribution >= 0.6 is 0 Å². The average molecular weight is 513 g/mol. The van der Waals surface area contributed by atoms with Crippen molar-refractivity contribution in [2.45, 2.75) is 63.5 Å². The van der Waals surface area contributed by atoms with Crippen LogP contribution in [-0.2, 0) is 14.4 Å². The van der Waals surface area contributed by atoms with E-state index in [1.807, 2.05) is 12.1 Å². The van der Waals surface area contributed by atoms with E-state index in [0.29, 0.717) is 30.8 Å². The van der Waals surface area contributed by atoms with Gasteiger partial charge in [-0.2, -0.15) is 0 Å². The zero-order valence-corrected chi connectivity index (χ0v) is 21.2. The van der Waals surface area contributed by atoms with Crippen LogP contribution in [0.5, 0.6) is 5.75 Å². The molecule has 37 heavy (non-hydrogen) atoms. The Morgan fingerprint density at radius 2 is 1.86 bits per heavy atom. The normalized spacial score (nSPS) is 19.7. The Morgan fingerprint density at radius 1 is 1.08 bits per heavy atom. The lowest BCUT2D eigenvalue weighted by atomic mass is 9.84. The Bertz CT molecular complexity index is 1140. The van der Waals surface area contributed by atoms with E-state index in [-0.39, 0.29) is 18.2 Å². The number of aromatic nitrogens is 1. The number of methoxy groups -OCH3 is 1. The largest absolute Gasteiger partial charge is 0.496 e. The summed E-state index contributed by atoms with van der Waals surface area (Å²) in [5.41, 5.74) is 1.03. The number of hydrogen-bond acceptors (Lipinski definition) is 6.